The number of likely N-dealkylation sites (tertiary alicyclic amines) is 1. The molecule has 0 amide bonds. The molecule has 1 unspecified atom stereocenters. The van der Waals surface area contributed by atoms with Crippen molar-refractivity contribution in [3.05, 3.63) is 11.9 Å². The van der Waals surface area contributed by atoms with Crippen LogP contribution in [-0.2, 0) is 0 Å². The van der Waals surface area contributed by atoms with Crippen molar-refractivity contribution in [3.63, 3.8) is 0 Å². The molecule has 0 aromatic carbocycles. The number of rotatable bonds is 3. The summed E-state index contributed by atoms with van der Waals surface area (Å²) in [5.41, 5.74) is 7.09. The third-order valence-electron chi connectivity index (χ3n) is 3.93. The van der Waals surface area contributed by atoms with Gasteiger partial charge in [0.1, 0.15) is 0 Å². The standard InChI is InChI=1S/C13H26N4/c1-16(2)10-11-4-7-17(8-5-11)13-3-6-15-9-12(13)14/h9,11,13,15H,3-8,10,14H2,1-2H3. The third kappa shape index (κ3) is 3.36. The van der Waals surface area contributed by atoms with Gasteiger partial charge in [-0.05, 0) is 52.4 Å². The Kier molecular flexibility index (Phi) is 4.29. The van der Waals surface area contributed by atoms with E-state index in [1.54, 1.807) is 0 Å². The fourth-order valence-electron chi connectivity index (χ4n) is 3.03. The molecule has 2 aliphatic rings. The number of nitrogens with one attached hydrogen (secondary N) is 1. The Balaban J connectivity index is 1.82. The summed E-state index contributed by atoms with van der Waals surface area (Å²) >= 11 is 0. The van der Waals surface area contributed by atoms with Crippen molar-refractivity contribution in [2.75, 3.05) is 40.3 Å². The molecule has 2 heterocycles. The van der Waals surface area contributed by atoms with Crippen LogP contribution in [0.5, 0.6) is 0 Å². The minimum atomic E-state index is 0.483. The van der Waals surface area contributed by atoms with Gasteiger partial charge in [-0.25, -0.2) is 0 Å². The van der Waals surface area contributed by atoms with E-state index in [1.807, 2.05) is 6.20 Å². The molecule has 0 aromatic rings. The molecular weight excluding hydrogens is 212 g/mol. The smallest absolute Gasteiger partial charge is 0.0524 e. The van der Waals surface area contributed by atoms with Crippen LogP contribution >= 0.6 is 0 Å². The van der Waals surface area contributed by atoms with Crippen molar-refractivity contribution in [2.45, 2.75) is 25.3 Å². The van der Waals surface area contributed by atoms with Crippen LogP contribution in [0.2, 0.25) is 0 Å². The van der Waals surface area contributed by atoms with Gasteiger partial charge in [-0.3, -0.25) is 4.90 Å². The predicted octanol–water partition coefficient (Wildman–Crippen LogP) is 0.422. The Morgan fingerprint density at radius 3 is 2.65 bits per heavy atom. The monoisotopic (exact) mass is 238 g/mol. The van der Waals surface area contributed by atoms with Crippen LogP contribution in [0, 0.1) is 5.92 Å². The summed E-state index contributed by atoms with van der Waals surface area (Å²) < 4.78 is 0. The summed E-state index contributed by atoms with van der Waals surface area (Å²) in [6.07, 6.45) is 5.77. The Bertz CT molecular complexity index is 267. The Morgan fingerprint density at radius 1 is 1.35 bits per heavy atom. The Morgan fingerprint density at radius 2 is 2.06 bits per heavy atom. The first kappa shape index (κ1) is 12.7. The number of nitrogens with two attached hydrogens (primary N) is 1. The summed E-state index contributed by atoms with van der Waals surface area (Å²) in [5, 5.41) is 3.22. The van der Waals surface area contributed by atoms with E-state index in [0.29, 0.717) is 6.04 Å². The molecule has 4 heteroatoms. The zero-order valence-electron chi connectivity index (χ0n) is 11.2. The molecule has 0 radical (unpaired) electrons. The molecule has 3 N–H and O–H groups in total. The first-order valence-corrected chi connectivity index (χ1v) is 6.74. The summed E-state index contributed by atoms with van der Waals surface area (Å²) in [4.78, 5) is 4.87. The number of hydrogen-bond donors (Lipinski definition) is 2. The predicted molar refractivity (Wildman–Crippen MR) is 71.5 cm³/mol. The van der Waals surface area contributed by atoms with Crippen molar-refractivity contribution in [1.82, 2.24) is 15.1 Å². The van der Waals surface area contributed by atoms with Crippen LogP contribution in [-0.4, -0.2) is 56.1 Å². The number of nitrogens with zero attached hydrogens (tertiary/aromatic N) is 2. The third-order valence-corrected chi connectivity index (χ3v) is 3.93. The van der Waals surface area contributed by atoms with E-state index < -0.39 is 0 Å². The van der Waals surface area contributed by atoms with E-state index in [1.165, 1.54) is 32.5 Å². The summed E-state index contributed by atoms with van der Waals surface area (Å²) in [6, 6.07) is 0.483. The van der Waals surface area contributed by atoms with Gasteiger partial charge in [-0.1, -0.05) is 0 Å². The first-order chi connectivity index (χ1) is 8.16. The zero-order chi connectivity index (χ0) is 12.3. The molecule has 2 aliphatic heterocycles. The highest BCUT2D eigenvalue weighted by Crippen LogP contribution is 2.23. The molecule has 0 saturated carbocycles. The van der Waals surface area contributed by atoms with E-state index >= 15 is 0 Å². The van der Waals surface area contributed by atoms with Crippen molar-refractivity contribution < 1.29 is 0 Å². The van der Waals surface area contributed by atoms with Crippen molar-refractivity contribution in [2.24, 2.45) is 11.7 Å². The lowest BCUT2D eigenvalue weighted by Crippen LogP contribution is -2.48. The maximum Gasteiger partial charge on any atom is 0.0524 e. The van der Waals surface area contributed by atoms with Crippen LogP contribution < -0.4 is 11.1 Å². The van der Waals surface area contributed by atoms with Gasteiger partial charge in [0.25, 0.3) is 0 Å². The molecule has 0 aliphatic carbocycles. The molecule has 1 atom stereocenters. The van der Waals surface area contributed by atoms with Gasteiger partial charge in [0, 0.05) is 25.0 Å². The highest BCUT2D eigenvalue weighted by molar-refractivity contribution is 5.10. The summed E-state index contributed by atoms with van der Waals surface area (Å²) in [7, 11) is 4.33. The molecular formula is C13H26N4. The van der Waals surface area contributed by atoms with Gasteiger partial charge in [0.05, 0.1) is 6.04 Å². The Hall–Kier alpha value is -0.740. The number of hydrogen-bond acceptors (Lipinski definition) is 4. The molecule has 0 bridgehead atoms. The molecule has 4 nitrogen and oxygen atoms in total. The van der Waals surface area contributed by atoms with E-state index in [2.05, 4.69) is 29.2 Å². The second-order valence-electron chi connectivity index (χ2n) is 5.64. The van der Waals surface area contributed by atoms with Crippen LogP contribution in [0.4, 0.5) is 0 Å². The Labute approximate surface area is 105 Å². The summed E-state index contributed by atoms with van der Waals surface area (Å²) in [6.45, 7) is 4.70. The van der Waals surface area contributed by atoms with Gasteiger partial charge in [0.15, 0.2) is 0 Å². The minimum Gasteiger partial charge on any atom is -0.400 e. The van der Waals surface area contributed by atoms with Crippen molar-refractivity contribution in [3.8, 4) is 0 Å². The summed E-state index contributed by atoms with van der Waals surface area (Å²) in [5.74, 6) is 0.869. The lowest BCUT2D eigenvalue weighted by Gasteiger charge is -2.39. The fourth-order valence-corrected chi connectivity index (χ4v) is 3.03. The van der Waals surface area contributed by atoms with Crippen LogP contribution in [0.15, 0.2) is 11.9 Å². The highest BCUT2D eigenvalue weighted by Gasteiger charge is 2.27. The first-order valence-electron chi connectivity index (χ1n) is 6.74. The van der Waals surface area contributed by atoms with Gasteiger partial charge >= 0.3 is 0 Å². The normalized spacial score (nSPS) is 27.9. The van der Waals surface area contributed by atoms with Gasteiger partial charge in [-0.2, -0.15) is 0 Å². The molecule has 0 spiro atoms. The average Bonchev–Trinajstić information content (AvgIpc) is 2.30. The largest absolute Gasteiger partial charge is 0.400 e. The average molecular weight is 238 g/mol. The second kappa shape index (κ2) is 5.74. The fraction of sp³-hybridized carbons (Fsp3) is 0.846. The molecule has 2 rings (SSSR count). The van der Waals surface area contributed by atoms with Crippen molar-refractivity contribution in [1.29, 1.82) is 0 Å². The van der Waals surface area contributed by atoms with Gasteiger partial charge < -0.3 is 16.0 Å². The molecule has 0 aromatic heterocycles. The lowest BCUT2D eigenvalue weighted by molar-refractivity contribution is 0.126. The second-order valence-corrected chi connectivity index (χ2v) is 5.64. The lowest BCUT2D eigenvalue weighted by atomic mass is 9.94. The maximum absolute atomic E-state index is 6.07. The zero-order valence-corrected chi connectivity index (χ0v) is 11.2. The van der Waals surface area contributed by atoms with Gasteiger partial charge in [-0.15, -0.1) is 0 Å². The van der Waals surface area contributed by atoms with Crippen LogP contribution in [0.3, 0.4) is 0 Å². The van der Waals surface area contributed by atoms with Crippen LogP contribution in [0.25, 0.3) is 0 Å². The quantitative estimate of drug-likeness (QED) is 0.748. The van der Waals surface area contributed by atoms with Crippen molar-refractivity contribution >= 4 is 0 Å². The van der Waals surface area contributed by atoms with E-state index in [0.717, 1.165) is 24.6 Å². The molecule has 1 saturated heterocycles. The van der Waals surface area contributed by atoms with Crippen LogP contribution in [0.1, 0.15) is 19.3 Å². The SMILES string of the molecule is CN(C)CC1CCN(C2CCNC=C2N)CC1. The molecule has 17 heavy (non-hydrogen) atoms. The van der Waals surface area contributed by atoms with E-state index in [-0.39, 0.29) is 0 Å². The van der Waals surface area contributed by atoms with E-state index in [9.17, 15) is 0 Å². The van der Waals surface area contributed by atoms with E-state index in [4.69, 9.17) is 5.73 Å². The molecule has 98 valence electrons. The van der Waals surface area contributed by atoms with Gasteiger partial charge in [0.2, 0.25) is 0 Å². The maximum atomic E-state index is 6.07. The number of piperidine rings is 1. The highest BCUT2D eigenvalue weighted by atomic mass is 15.2. The minimum absolute atomic E-state index is 0.483. The molecule has 1 fully saturated rings. The topological polar surface area (TPSA) is 44.5 Å².